The highest BCUT2D eigenvalue weighted by atomic mass is 35.5. The number of aryl methyl sites for hydroxylation is 1. The molecule has 92 valence electrons. The van der Waals surface area contributed by atoms with Gasteiger partial charge in [-0.15, -0.1) is 0 Å². The lowest BCUT2D eigenvalue weighted by Crippen LogP contribution is -2.21. The van der Waals surface area contributed by atoms with Gasteiger partial charge in [0.05, 0.1) is 5.56 Å². The van der Waals surface area contributed by atoms with Gasteiger partial charge in [0.1, 0.15) is 16.8 Å². The third kappa shape index (κ3) is 3.67. The molecule has 0 fully saturated rings. The van der Waals surface area contributed by atoms with Gasteiger partial charge in [0, 0.05) is 20.0 Å². The van der Waals surface area contributed by atoms with Gasteiger partial charge in [-0.05, 0) is 6.92 Å². The largest absolute Gasteiger partial charge is 0.369 e. The summed E-state index contributed by atoms with van der Waals surface area (Å²) in [6.07, 6.45) is 0.874. The standard InChI is InChI=1S/C10H13ClN4O2/c1-6-14-9(11)7(5-16)10(15-6)13-4-3-8(17)12-2/h5H,3-4H2,1-2H3,(H,12,17)(H,13,14,15). The van der Waals surface area contributed by atoms with E-state index in [0.717, 1.165) is 0 Å². The molecule has 0 aliphatic carbocycles. The molecule has 7 heteroatoms. The molecule has 0 aliphatic rings. The Labute approximate surface area is 104 Å². The van der Waals surface area contributed by atoms with E-state index in [4.69, 9.17) is 11.6 Å². The van der Waals surface area contributed by atoms with Crippen molar-refractivity contribution in [1.29, 1.82) is 0 Å². The average molecular weight is 257 g/mol. The number of hydrogen-bond acceptors (Lipinski definition) is 5. The zero-order valence-corrected chi connectivity index (χ0v) is 10.3. The van der Waals surface area contributed by atoms with Crippen LogP contribution in [0.3, 0.4) is 0 Å². The van der Waals surface area contributed by atoms with Crippen LogP contribution in [0.4, 0.5) is 5.82 Å². The van der Waals surface area contributed by atoms with Gasteiger partial charge in [-0.3, -0.25) is 9.59 Å². The number of halogens is 1. The number of nitrogens with zero attached hydrogens (tertiary/aromatic N) is 2. The number of anilines is 1. The third-order valence-corrected chi connectivity index (χ3v) is 2.34. The first-order valence-electron chi connectivity index (χ1n) is 5.02. The summed E-state index contributed by atoms with van der Waals surface area (Å²) in [5.41, 5.74) is 0.203. The monoisotopic (exact) mass is 256 g/mol. The van der Waals surface area contributed by atoms with Crippen molar-refractivity contribution in [2.75, 3.05) is 18.9 Å². The fraction of sp³-hybridized carbons (Fsp3) is 0.400. The van der Waals surface area contributed by atoms with Crippen LogP contribution in [0, 0.1) is 6.92 Å². The SMILES string of the molecule is CNC(=O)CCNc1nc(C)nc(Cl)c1C=O. The molecule has 1 aromatic rings. The lowest BCUT2D eigenvalue weighted by molar-refractivity contribution is -0.120. The molecule has 2 N–H and O–H groups in total. The highest BCUT2D eigenvalue weighted by Gasteiger charge is 2.10. The van der Waals surface area contributed by atoms with Crippen LogP contribution in [0.25, 0.3) is 0 Å². The van der Waals surface area contributed by atoms with E-state index >= 15 is 0 Å². The first-order chi connectivity index (χ1) is 8.08. The Bertz CT molecular complexity index is 437. The Hall–Kier alpha value is -1.69. The normalized spacial score (nSPS) is 9.82. The van der Waals surface area contributed by atoms with E-state index in [1.54, 1.807) is 14.0 Å². The summed E-state index contributed by atoms with van der Waals surface area (Å²) in [4.78, 5) is 29.8. The van der Waals surface area contributed by atoms with Crippen LogP contribution in [0.5, 0.6) is 0 Å². The fourth-order valence-electron chi connectivity index (χ4n) is 1.21. The molecule has 0 saturated heterocycles. The maximum absolute atomic E-state index is 11.0. The minimum atomic E-state index is -0.0953. The van der Waals surface area contributed by atoms with E-state index in [1.165, 1.54) is 0 Å². The maximum atomic E-state index is 11.0. The van der Waals surface area contributed by atoms with Crippen LogP contribution in [-0.4, -0.2) is 35.8 Å². The number of carbonyl (C=O) groups is 2. The van der Waals surface area contributed by atoms with Crippen molar-refractivity contribution < 1.29 is 9.59 Å². The van der Waals surface area contributed by atoms with Gasteiger partial charge in [-0.25, -0.2) is 9.97 Å². The number of aldehydes is 1. The predicted octanol–water partition coefficient (Wildman–Crippen LogP) is 0.799. The molecule has 0 unspecified atom stereocenters. The molecular formula is C10H13ClN4O2. The molecule has 0 spiro atoms. The average Bonchev–Trinajstić information content (AvgIpc) is 2.28. The molecule has 0 bridgehead atoms. The Balaban J connectivity index is 2.76. The van der Waals surface area contributed by atoms with Crippen molar-refractivity contribution in [2.45, 2.75) is 13.3 Å². The summed E-state index contributed by atoms with van der Waals surface area (Å²) >= 11 is 5.80. The molecule has 1 aromatic heterocycles. The van der Waals surface area contributed by atoms with Crippen LogP contribution in [0.1, 0.15) is 22.6 Å². The molecule has 0 atom stereocenters. The number of carbonyl (C=O) groups excluding carboxylic acids is 2. The van der Waals surface area contributed by atoms with E-state index in [1.807, 2.05) is 0 Å². The first-order valence-corrected chi connectivity index (χ1v) is 5.40. The zero-order valence-electron chi connectivity index (χ0n) is 9.58. The second-order valence-corrected chi connectivity index (χ2v) is 3.65. The number of hydrogen-bond donors (Lipinski definition) is 2. The molecule has 17 heavy (non-hydrogen) atoms. The molecule has 1 amide bonds. The quantitative estimate of drug-likeness (QED) is 0.601. The van der Waals surface area contributed by atoms with Gasteiger partial charge in [0.15, 0.2) is 6.29 Å². The van der Waals surface area contributed by atoms with Gasteiger partial charge < -0.3 is 10.6 Å². The first kappa shape index (κ1) is 13.4. The molecule has 0 radical (unpaired) electrons. The van der Waals surface area contributed by atoms with Gasteiger partial charge in [0.25, 0.3) is 0 Å². The number of rotatable bonds is 5. The molecule has 0 saturated carbocycles. The van der Waals surface area contributed by atoms with Gasteiger partial charge in [-0.2, -0.15) is 0 Å². The van der Waals surface area contributed by atoms with Gasteiger partial charge in [-0.1, -0.05) is 11.6 Å². The van der Waals surface area contributed by atoms with Crippen molar-refractivity contribution in [1.82, 2.24) is 15.3 Å². The Morgan fingerprint density at radius 3 is 2.76 bits per heavy atom. The summed E-state index contributed by atoms with van der Waals surface area (Å²) < 4.78 is 0. The number of aromatic nitrogens is 2. The summed E-state index contributed by atoms with van der Waals surface area (Å²) in [5, 5.41) is 5.49. The Morgan fingerprint density at radius 1 is 1.47 bits per heavy atom. The summed E-state index contributed by atoms with van der Waals surface area (Å²) in [7, 11) is 1.56. The minimum Gasteiger partial charge on any atom is -0.369 e. The summed E-state index contributed by atoms with van der Waals surface area (Å²) in [6, 6.07) is 0. The highest BCUT2D eigenvalue weighted by molar-refractivity contribution is 6.32. The smallest absolute Gasteiger partial charge is 0.221 e. The molecule has 1 heterocycles. The van der Waals surface area contributed by atoms with Crippen molar-refractivity contribution in [3.05, 3.63) is 16.5 Å². The maximum Gasteiger partial charge on any atom is 0.221 e. The minimum absolute atomic E-state index is 0.0953. The van der Waals surface area contributed by atoms with E-state index in [-0.39, 0.29) is 23.0 Å². The lowest BCUT2D eigenvalue weighted by atomic mass is 10.3. The lowest BCUT2D eigenvalue weighted by Gasteiger charge is -2.08. The van der Waals surface area contributed by atoms with Crippen molar-refractivity contribution >= 4 is 29.6 Å². The molecule has 0 aliphatic heterocycles. The number of nitrogens with one attached hydrogen (secondary N) is 2. The van der Waals surface area contributed by atoms with Crippen molar-refractivity contribution in [3.63, 3.8) is 0 Å². The Morgan fingerprint density at radius 2 is 2.18 bits per heavy atom. The van der Waals surface area contributed by atoms with Crippen LogP contribution >= 0.6 is 11.6 Å². The van der Waals surface area contributed by atoms with E-state index in [2.05, 4.69) is 20.6 Å². The second kappa shape index (κ2) is 6.15. The molecule has 6 nitrogen and oxygen atoms in total. The third-order valence-electron chi connectivity index (χ3n) is 2.05. The molecule has 1 rings (SSSR count). The van der Waals surface area contributed by atoms with Crippen LogP contribution in [0.15, 0.2) is 0 Å². The summed E-state index contributed by atoms with van der Waals surface area (Å²) in [6.45, 7) is 2.04. The zero-order chi connectivity index (χ0) is 12.8. The van der Waals surface area contributed by atoms with E-state index < -0.39 is 0 Å². The highest BCUT2D eigenvalue weighted by Crippen LogP contribution is 2.18. The Kier molecular flexibility index (Phi) is 4.84. The predicted molar refractivity (Wildman–Crippen MR) is 64.3 cm³/mol. The van der Waals surface area contributed by atoms with Crippen molar-refractivity contribution in [3.8, 4) is 0 Å². The fourth-order valence-corrected chi connectivity index (χ4v) is 1.46. The van der Waals surface area contributed by atoms with Crippen LogP contribution in [-0.2, 0) is 4.79 Å². The molecule has 0 aromatic carbocycles. The topological polar surface area (TPSA) is 84.0 Å². The van der Waals surface area contributed by atoms with E-state index in [9.17, 15) is 9.59 Å². The number of amides is 1. The van der Waals surface area contributed by atoms with E-state index in [0.29, 0.717) is 24.5 Å². The van der Waals surface area contributed by atoms with Crippen molar-refractivity contribution in [2.24, 2.45) is 0 Å². The molecular weight excluding hydrogens is 244 g/mol. The van der Waals surface area contributed by atoms with Gasteiger partial charge >= 0.3 is 0 Å². The van der Waals surface area contributed by atoms with Crippen LogP contribution in [0.2, 0.25) is 5.15 Å². The second-order valence-electron chi connectivity index (χ2n) is 3.29. The summed E-state index contributed by atoms with van der Waals surface area (Å²) in [5.74, 6) is 0.714. The van der Waals surface area contributed by atoms with Crippen LogP contribution < -0.4 is 10.6 Å². The van der Waals surface area contributed by atoms with Gasteiger partial charge in [0.2, 0.25) is 5.91 Å².